The molecule has 1 aliphatic rings. The molecule has 0 saturated carbocycles. The third-order valence-electron chi connectivity index (χ3n) is 4.07. The summed E-state index contributed by atoms with van der Waals surface area (Å²) in [6, 6.07) is 2.74. The van der Waals surface area contributed by atoms with E-state index in [4.69, 9.17) is 4.74 Å². The van der Waals surface area contributed by atoms with Crippen LogP contribution in [0, 0.1) is 5.82 Å². The molecule has 1 aromatic carbocycles. The maximum atomic E-state index is 14.2. The van der Waals surface area contributed by atoms with Crippen LogP contribution in [0.25, 0.3) is 0 Å². The minimum Gasteiger partial charge on any atom is -0.490 e. The van der Waals surface area contributed by atoms with Crippen molar-refractivity contribution in [2.75, 3.05) is 6.61 Å². The maximum absolute atomic E-state index is 14.2. The van der Waals surface area contributed by atoms with E-state index in [0.717, 1.165) is 10.8 Å². The lowest BCUT2D eigenvalue weighted by atomic mass is 10.0. The van der Waals surface area contributed by atoms with Gasteiger partial charge in [0.1, 0.15) is 0 Å². The molecule has 1 unspecified atom stereocenters. The van der Waals surface area contributed by atoms with Crippen molar-refractivity contribution in [1.29, 1.82) is 0 Å². The lowest BCUT2D eigenvalue weighted by Crippen LogP contribution is -2.26. The first kappa shape index (κ1) is 20.6. The van der Waals surface area contributed by atoms with Gasteiger partial charge in [-0.15, -0.1) is 0 Å². The highest BCUT2D eigenvalue weighted by molar-refractivity contribution is 9.10. The summed E-state index contributed by atoms with van der Waals surface area (Å²) < 4.78 is 89.5. The second-order valence-corrected chi connectivity index (χ2v) is 6.82. The Hall–Kier alpha value is -2.17. The predicted molar refractivity (Wildman–Crippen MR) is 89.6 cm³/mol. The lowest BCUT2D eigenvalue weighted by molar-refractivity contribution is -0.138. The van der Waals surface area contributed by atoms with Gasteiger partial charge in [-0.2, -0.15) is 22.0 Å². The van der Waals surface area contributed by atoms with E-state index in [1.54, 1.807) is 6.07 Å². The molecule has 0 amide bonds. The Bertz CT molecular complexity index is 958. The Labute approximate surface area is 163 Å². The molecule has 1 aromatic heterocycles. The van der Waals surface area contributed by atoms with Crippen molar-refractivity contribution in [3.63, 3.8) is 0 Å². The van der Waals surface area contributed by atoms with Crippen molar-refractivity contribution in [3.05, 3.63) is 51.3 Å². The summed E-state index contributed by atoms with van der Waals surface area (Å²) in [5.41, 5.74) is -1.03. The molecule has 152 valence electrons. The molecule has 2 heterocycles. The predicted octanol–water partition coefficient (Wildman–Crippen LogP) is 4.97. The van der Waals surface area contributed by atoms with E-state index in [9.17, 15) is 26.3 Å². The van der Waals surface area contributed by atoms with E-state index in [1.165, 1.54) is 13.1 Å². The highest BCUT2D eigenvalue weighted by Gasteiger charge is 2.33. The number of ether oxygens (including phenoxy) is 2. The largest absolute Gasteiger partial charge is 0.490 e. The molecule has 0 spiro atoms. The summed E-state index contributed by atoms with van der Waals surface area (Å²) in [6.07, 6.45) is -3.75. The van der Waals surface area contributed by atoms with Crippen LogP contribution in [-0.2, 0) is 13.2 Å². The zero-order valence-electron chi connectivity index (χ0n) is 14.2. The summed E-state index contributed by atoms with van der Waals surface area (Å²) in [5.74, 6) is -1.41. The van der Waals surface area contributed by atoms with Crippen molar-refractivity contribution in [2.45, 2.75) is 25.3 Å². The van der Waals surface area contributed by atoms with E-state index < -0.39 is 36.0 Å². The first-order chi connectivity index (χ1) is 13.1. The molecule has 1 aliphatic heterocycles. The Balaban J connectivity index is 2.16. The van der Waals surface area contributed by atoms with Gasteiger partial charge in [0.2, 0.25) is 0 Å². The van der Waals surface area contributed by atoms with Gasteiger partial charge < -0.3 is 14.0 Å². The number of fused-ring (bicyclic) bond motifs is 1. The number of hydrogen-bond donors (Lipinski definition) is 0. The third kappa shape index (κ3) is 4.13. The maximum Gasteiger partial charge on any atom is 0.417 e. The van der Waals surface area contributed by atoms with Gasteiger partial charge >= 0.3 is 12.8 Å². The number of pyridine rings is 1. The van der Waals surface area contributed by atoms with Crippen LogP contribution >= 0.6 is 15.9 Å². The van der Waals surface area contributed by atoms with Gasteiger partial charge in [0, 0.05) is 25.2 Å². The van der Waals surface area contributed by atoms with Gasteiger partial charge in [-0.3, -0.25) is 4.99 Å². The van der Waals surface area contributed by atoms with Crippen molar-refractivity contribution in [1.82, 2.24) is 4.57 Å². The monoisotopic (exact) mass is 470 g/mol. The van der Waals surface area contributed by atoms with Crippen LogP contribution in [0.2, 0.25) is 0 Å². The van der Waals surface area contributed by atoms with Crippen molar-refractivity contribution >= 4 is 15.9 Å². The topological polar surface area (TPSA) is 35.8 Å². The quantitative estimate of drug-likeness (QED) is 0.593. The normalized spacial score (nSPS) is 17.5. The Morgan fingerprint density at radius 3 is 2.68 bits per heavy atom. The highest BCUT2D eigenvalue weighted by atomic mass is 79.9. The van der Waals surface area contributed by atoms with Crippen LogP contribution in [0.4, 0.5) is 26.3 Å². The number of benzene rings is 1. The second-order valence-electron chi connectivity index (χ2n) is 5.97. The van der Waals surface area contributed by atoms with Crippen molar-refractivity contribution < 1.29 is 35.8 Å². The van der Waals surface area contributed by atoms with Gasteiger partial charge in [0.25, 0.3) is 0 Å². The summed E-state index contributed by atoms with van der Waals surface area (Å²) >= 11 is 3.04. The Kier molecular flexibility index (Phi) is 5.64. The van der Waals surface area contributed by atoms with Crippen molar-refractivity contribution in [2.24, 2.45) is 12.0 Å². The number of halogens is 7. The van der Waals surface area contributed by atoms with Crippen molar-refractivity contribution in [3.8, 4) is 11.5 Å². The third-order valence-corrected chi connectivity index (χ3v) is 4.68. The molecule has 0 fully saturated rings. The highest BCUT2D eigenvalue weighted by Crippen LogP contribution is 2.39. The van der Waals surface area contributed by atoms with Crippen LogP contribution in [0.15, 0.2) is 33.9 Å². The van der Waals surface area contributed by atoms with Gasteiger partial charge in [0.15, 0.2) is 22.8 Å². The van der Waals surface area contributed by atoms with Crippen LogP contribution < -0.4 is 15.0 Å². The van der Waals surface area contributed by atoms with Crippen LogP contribution in [0.3, 0.4) is 0 Å². The second kappa shape index (κ2) is 7.69. The van der Waals surface area contributed by atoms with Crippen LogP contribution in [0.1, 0.15) is 23.6 Å². The summed E-state index contributed by atoms with van der Waals surface area (Å²) in [4.78, 5) is 4.28. The summed E-state index contributed by atoms with van der Waals surface area (Å²) in [7, 11) is 1.23. The Morgan fingerprint density at radius 1 is 1.32 bits per heavy atom. The first-order valence-corrected chi connectivity index (χ1v) is 8.74. The standard InChI is InChI=1S/C17H13BrF6N2O2/c1-26-7-8(17(22,23)24)6-12(28-16(20)21)15(26)25-11-4-5-27-14-9(11)2-3-10(18)13(14)19/h2-3,6-7,11,16H,4-5H2,1H3. The zero-order valence-corrected chi connectivity index (χ0v) is 15.8. The molecule has 0 N–H and O–H groups in total. The van der Waals surface area contributed by atoms with Crippen LogP contribution in [-0.4, -0.2) is 17.8 Å². The first-order valence-electron chi connectivity index (χ1n) is 7.95. The fourth-order valence-electron chi connectivity index (χ4n) is 2.84. The number of nitrogens with zero attached hydrogens (tertiary/aromatic N) is 2. The van der Waals surface area contributed by atoms with E-state index in [2.05, 4.69) is 25.7 Å². The molecular formula is C17H13BrF6N2O2. The van der Waals surface area contributed by atoms with Gasteiger partial charge in [-0.25, -0.2) is 4.39 Å². The Morgan fingerprint density at radius 2 is 2.04 bits per heavy atom. The fraction of sp³-hybridized carbons (Fsp3) is 0.353. The number of aromatic nitrogens is 1. The number of aryl methyl sites for hydroxylation is 1. The molecule has 1 atom stereocenters. The molecule has 0 saturated heterocycles. The molecule has 11 heteroatoms. The molecule has 28 heavy (non-hydrogen) atoms. The SMILES string of the molecule is Cn1cc(C(F)(F)F)cc(OC(F)F)c1=NC1CCOc2c1ccc(Br)c2F. The summed E-state index contributed by atoms with van der Waals surface area (Å²) in [5, 5.41) is 0. The molecular weight excluding hydrogens is 458 g/mol. The molecule has 3 rings (SSSR count). The number of alkyl halides is 5. The van der Waals surface area contributed by atoms with Gasteiger partial charge in [-0.1, -0.05) is 6.07 Å². The minimum atomic E-state index is -4.75. The summed E-state index contributed by atoms with van der Waals surface area (Å²) in [6.45, 7) is -3.24. The average Bonchev–Trinajstić information content (AvgIpc) is 2.59. The van der Waals surface area contributed by atoms with E-state index in [1.807, 2.05) is 0 Å². The smallest absolute Gasteiger partial charge is 0.417 e. The molecule has 0 bridgehead atoms. The zero-order chi connectivity index (χ0) is 20.6. The minimum absolute atomic E-state index is 0.0414. The number of rotatable bonds is 3. The van der Waals surface area contributed by atoms with E-state index >= 15 is 0 Å². The van der Waals surface area contributed by atoms with E-state index in [0.29, 0.717) is 11.6 Å². The van der Waals surface area contributed by atoms with E-state index in [-0.39, 0.29) is 28.7 Å². The molecule has 0 radical (unpaired) electrons. The molecule has 2 aromatic rings. The van der Waals surface area contributed by atoms with Crippen LogP contribution in [0.5, 0.6) is 11.5 Å². The fourth-order valence-corrected chi connectivity index (χ4v) is 3.16. The average molecular weight is 471 g/mol. The van der Waals surface area contributed by atoms with Gasteiger partial charge in [-0.05, 0) is 28.1 Å². The molecule has 0 aliphatic carbocycles. The lowest BCUT2D eigenvalue weighted by Gasteiger charge is -2.24. The molecule has 4 nitrogen and oxygen atoms in total. The number of hydrogen-bond acceptors (Lipinski definition) is 3. The van der Waals surface area contributed by atoms with Gasteiger partial charge in [0.05, 0.1) is 22.7 Å².